The van der Waals surface area contributed by atoms with Crippen LogP contribution in [0, 0.1) is 0 Å². The van der Waals surface area contributed by atoms with Gasteiger partial charge in [-0.1, -0.05) is 42.4 Å². The maximum Gasteiger partial charge on any atom is 0.202 e. The van der Waals surface area contributed by atoms with E-state index < -0.39 is 95.7 Å². The lowest BCUT2D eigenvalue weighted by Crippen LogP contribution is -2.53. The number of anilines is 2. The predicted octanol–water partition coefficient (Wildman–Crippen LogP) is 5.89. The Bertz CT molecular complexity index is 2460. The highest BCUT2D eigenvalue weighted by atomic mass is 32.2. The van der Waals surface area contributed by atoms with Crippen molar-refractivity contribution < 1.29 is 54.1 Å². The van der Waals surface area contributed by atoms with Crippen molar-refractivity contribution in [3.63, 3.8) is 0 Å². The molecule has 2 fully saturated rings. The molecule has 0 spiro atoms. The molecule has 5 aliphatic rings. The van der Waals surface area contributed by atoms with Crippen LogP contribution in [-0.2, 0) is 20.7 Å². The van der Waals surface area contributed by atoms with Crippen molar-refractivity contribution >= 4 is 52.2 Å². The maximum absolute atomic E-state index is 13.6. The van der Waals surface area contributed by atoms with Gasteiger partial charge in [-0.25, -0.2) is 0 Å². The number of hydrogen-bond donors (Lipinski definition) is 6. The van der Waals surface area contributed by atoms with Gasteiger partial charge in [0.15, 0.2) is 17.9 Å². The second-order valence-electron chi connectivity index (χ2n) is 17.1. The number of phenols is 2. The molecule has 4 aromatic rings. The Morgan fingerprint density at radius 3 is 2.47 bits per heavy atom. The lowest BCUT2D eigenvalue weighted by molar-refractivity contribution is -0.247. The number of carbonyl (C=O) groups is 3. The molecule has 64 heavy (non-hydrogen) atoms. The van der Waals surface area contributed by atoms with Gasteiger partial charge in [0.05, 0.1) is 53.5 Å². The summed E-state index contributed by atoms with van der Waals surface area (Å²) in [4.78, 5) is 49.0. The number of thioether (sulfide) groups is 1. The van der Waals surface area contributed by atoms with Gasteiger partial charge in [-0.05, 0) is 82.4 Å². The SMILES string of the molecule is COc1cccc2c1C(=O)c1c(O)c3c(c(O)c1C2=O)C[C@@](O)(C(=O)CO)C[C@@H]3O[C@H]1C[C@H](N)[C@H](O)[C@H](C)O1.CSc1ccc2c(c1)N(CCC1CCCCN1C)c1ccccc1S2. The van der Waals surface area contributed by atoms with E-state index in [1.54, 1.807) is 6.92 Å². The number of ether oxygens (including phenoxy) is 3. The Kier molecular flexibility index (Phi) is 13.5. The van der Waals surface area contributed by atoms with E-state index in [0.29, 0.717) is 0 Å². The Morgan fingerprint density at radius 1 is 1.00 bits per heavy atom. The second-order valence-corrected chi connectivity index (χ2v) is 19.1. The molecule has 2 aliphatic carbocycles. The van der Waals surface area contributed by atoms with E-state index in [2.05, 4.69) is 65.6 Å². The van der Waals surface area contributed by atoms with Crippen LogP contribution in [0.4, 0.5) is 11.4 Å². The summed E-state index contributed by atoms with van der Waals surface area (Å²) >= 11 is 3.73. The lowest BCUT2D eigenvalue weighted by Gasteiger charge is -2.42. The van der Waals surface area contributed by atoms with Crippen molar-refractivity contribution in [2.75, 3.05) is 45.0 Å². The number of phenolic OH excluding ortho intramolecular Hbond substituents is 2. The fourth-order valence-corrected chi connectivity index (χ4v) is 11.2. The molecule has 1 unspecified atom stereocenters. The number of carbonyl (C=O) groups excluding carboxylic acids is 3. The molecule has 14 nitrogen and oxygen atoms in total. The fourth-order valence-electron chi connectivity index (χ4n) is 9.71. The lowest BCUT2D eigenvalue weighted by atomic mass is 9.72. The first-order valence-electron chi connectivity index (χ1n) is 21.6. The Hall–Kier alpha value is -4.49. The summed E-state index contributed by atoms with van der Waals surface area (Å²) < 4.78 is 17.0. The van der Waals surface area contributed by atoms with Gasteiger partial charge in [0.25, 0.3) is 0 Å². The number of nitrogens with two attached hydrogens (primary N) is 1. The average Bonchev–Trinajstić information content (AvgIpc) is 3.29. The van der Waals surface area contributed by atoms with Crippen molar-refractivity contribution in [1.29, 1.82) is 0 Å². The highest BCUT2D eigenvalue weighted by Gasteiger charge is 2.50. The van der Waals surface area contributed by atoms with Crippen LogP contribution in [0.25, 0.3) is 0 Å². The molecule has 7 N–H and O–H groups in total. The van der Waals surface area contributed by atoms with E-state index in [0.717, 1.165) is 12.6 Å². The van der Waals surface area contributed by atoms with Crippen molar-refractivity contribution in [3.05, 3.63) is 94.0 Å². The summed E-state index contributed by atoms with van der Waals surface area (Å²) in [6.07, 6.45) is 2.36. The Morgan fingerprint density at radius 2 is 1.75 bits per heavy atom. The minimum absolute atomic E-state index is 0.0173. The van der Waals surface area contributed by atoms with Crippen molar-refractivity contribution in [3.8, 4) is 17.2 Å². The molecular formula is C48H55N3O11S2. The van der Waals surface area contributed by atoms with Crippen LogP contribution in [-0.4, -0.2) is 124 Å². The summed E-state index contributed by atoms with van der Waals surface area (Å²) in [5.74, 6) is -3.77. The van der Waals surface area contributed by atoms with Crippen LogP contribution in [0.3, 0.4) is 0 Å². The first kappa shape index (κ1) is 46.1. The topological polar surface area (TPSA) is 213 Å². The van der Waals surface area contributed by atoms with E-state index in [1.807, 2.05) is 23.5 Å². The smallest absolute Gasteiger partial charge is 0.202 e. The quantitative estimate of drug-likeness (QED) is 0.0752. The van der Waals surface area contributed by atoms with Gasteiger partial charge in [-0.15, -0.1) is 11.8 Å². The van der Waals surface area contributed by atoms with Gasteiger partial charge in [0.1, 0.15) is 29.5 Å². The highest BCUT2D eigenvalue weighted by Crippen LogP contribution is 2.53. The van der Waals surface area contributed by atoms with Gasteiger partial charge in [-0.3, -0.25) is 14.4 Å². The third kappa shape index (κ3) is 8.44. The summed E-state index contributed by atoms with van der Waals surface area (Å²) in [6, 6.07) is 20.1. The largest absolute Gasteiger partial charge is 0.507 e. The van der Waals surface area contributed by atoms with Crippen LogP contribution < -0.4 is 15.4 Å². The number of aromatic hydroxyl groups is 2. The number of piperidine rings is 1. The molecule has 2 saturated heterocycles. The van der Waals surface area contributed by atoms with Crippen molar-refractivity contribution in [2.45, 2.75) is 109 Å². The van der Waals surface area contributed by atoms with Crippen LogP contribution in [0.1, 0.15) is 94.5 Å². The number of hydrogen-bond acceptors (Lipinski definition) is 16. The molecule has 9 rings (SSSR count). The number of methoxy groups -OCH3 is 1. The zero-order valence-electron chi connectivity index (χ0n) is 36.3. The highest BCUT2D eigenvalue weighted by molar-refractivity contribution is 8.00. The Balaban J connectivity index is 0.000000192. The third-order valence-corrected chi connectivity index (χ3v) is 15.1. The fraction of sp³-hybridized carbons (Fsp3) is 0.438. The number of rotatable bonds is 9. The molecule has 3 aliphatic heterocycles. The molecule has 0 amide bonds. The molecule has 0 bridgehead atoms. The molecular weight excluding hydrogens is 859 g/mol. The molecule has 340 valence electrons. The standard InChI is InChI=1S/C27H29NO11.C21H26N2S2/c1-10-22(31)13(28)6-17(38-10)39-15-8-27(36,16(30)9-29)7-12-19(15)26(35)21-20(24(12)33)23(32)11-4-3-5-14(37-2)18(11)25(21)34;1-22-13-6-5-7-16(22)12-14-23-18-8-3-4-9-20(18)25-21-11-10-17(24-2)15-19(21)23/h3-5,10,13,15,17,22,29,31,33,35-36H,6-9,28H2,1-2H3;3-4,8-11,15-16H,5-7,12-14H2,1-2H3/t10-,13-,15-,17-,22+,27-;/m0./s1. The van der Waals surface area contributed by atoms with Crippen LogP contribution >= 0.6 is 23.5 Å². The third-order valence-electron chi connectivity index (χ3n) is 13.2. The number of Topliss-reactive ketones (excluding diaryl/α,β-unsaturated/α-hetero) is 1. The van der Waals surface area contributed by atoms with Gasteiger partial charge < -0.3 is 55.3 Å². The Labute approximate surface area is 380 Å². The molecule has 7 atom stereocenters. The number of fused-ring (bicyclic) bond motifs is 5. The number of nitrogens with zero attached hydrogens (tertiary/aromatic N) is 2. The van der Waals surface area contributed by atoms with Crippen molar-refractivity contribution in [2.24, 2.45) is 5.73 Å². The number of aliphatic hydroxyl groups excluding tert-OH is 2. The molecule has 16 heteroatoms. The summed E-state index contributed by atoms with van der Waals surface area (Å²) in [5, 5.41) is 53.7. The zero-order valence-corrected chi connectivity index (χ0v) is 37.9. The average molecular weight is 914 g/mol. The first-order valence-corrected chi connectivity index (χ1v) is 23.6. The number of ketones is 3. The minimum atomic E-state index is -2.24. The zero-order chi connectivity index (χ0) is 45.6. The molecule has 0 radical (unpaired) electrons. The summed E-state index contributed by atoms with van der Waals surface area (Å²) in [6.45, 7) is 2.91. The van der Waals surface area contributed by atoms with E-state index in [-0.39, 0.29) is 34.4 Å². The van der Waals surface area contributed by atoms with Gasteiger partial charge in [-0.2, -0.15) is 0 Å². The number of para-hydroxylation sites is 1. The molecule has 3 heterocycles. The van der Waals surface area contributed by atoms with Crippen LogP contribution in [0.2, 0.25) is 0 Å². The monoisotopic (exact) mass is 913 g/mol. The van der Waals surface area contributed by atoms with Gasteiger partial charge >= 0.3 is 0 Å². The predicted molar refractivity (Wildman–Crippen MR) is 242 cm³/mol. The van der Waals surface area contributed by atoms with Gasteiger partial charge in [0, 0.05) is 69.3 Å². The summed E-state index contributed by atoms with van der Waals surface area (Å²) in [7, 11) is 3.62. The second kappa shape index (κ2) is 18.8. The number of benzene rings is 4. The molecule has 0 saturated carbocycles. The van der Waals surface area contributed by atoms with E-state index in [1.165, 1.54) is 83.6 Å². The normalized spacial score (nSPS) is 26.1. The first-order chi connectivity index (χ1) is 30.7. The number of aliphatic hydroxyl groups is 3. The molecule has 4 aromatic carbocycles. The number of likely N-dealkylation sites (tertiary alicyclic amines) is 1. The van der Waals surface area contributed by atoms with E-state index >= 15 is 0 Å². The van der Waals surface area contributed by atoms with Crippen LogP contribution in [0.5, 0.6) is 17.2 Å². The minimum Gasteiger partial charge on any atom is -0.507 e. The van der Waals surface area contributed by atoms with E-state index in [4.69, 9.17) is 19.9 Å². The maximum atomic E-state index is 13.6. The van der Waals surface area contributed by atoms with Gasteiger partial charge in [0.2, 0.25) is 5.78 Å². The summed E-state index contributed by atoms with van der Waals surface area (Å²) in [5.41, 5.74) is 5.13. The molecule has 0 aromatic heterocycles. The van der Waals surface area contributed by atoms with Crippen molar-refractivity contribution in [1.82, 2.24) is 4.90 Å². The van der Waals surface area contributed by atoms with E-state index in [9.17, 15) is 39.9 Å². The van der Waals surface area contributed by atoms with Crippen LogP contribution in [0.15, 0.2) is 75.4 Å².